The van der Waals surface area contributed by atoms with Crippen LogP contribution in [0.1, 0.15) is 22.1 Å². The number of hydrogen-bond acceptors (Lipinski definition) is 4. The highest BCUT2D eigenvalue weighted by Gasteiger charge is 2.29. The molecule has 2 aromatic carbocycles. The average Bonchev–Trinajstić information content (AvgIpc) is 3.46. The van der Waals surface area contributed by atoms with Gasteiger partial charge < -0.3 is 4.90 Å². The van der Waals surface area contributed by atoms with E-state index in [2.05, 4.69) is 10.3 Å². The number of carbonyl (C=O) groups is 1. The van der Waals surface area contributed by atoms with Gasteiger partial charge in [-0.3, -0.25) is 4.79 Å². The van der Waals surface area contributed by atoms with E-state index in [-0.39, 0.29) is 17.8 Å². The van der Waals surface area contributed by atoms with E-state index < -0.39 is 0 Å². The number of amides is 1. The fraction of sp³-hybridized carbons (Fsp3) is 0.190. The van der Waals surface area contributed by atoms with Gasteiger partial charge in [0.1, 0.15) is 11.5 Å². The van der Waals surface area contributed by atoms with E-state index in [9.17, 15) is 9.18 Å². The lowest BCUT2D eigenvalue weighted by molar-refractivity contribution is 0.0792. The van der Waals surface area contributed by atoms with Crippen LogP contribution in [-0.2, 0) is 0 Å². The van der Waals surface area contributed by atoms with Gasteiger partial charge in [-0.1, -0.05) is 35.5 Å². The Bertz CT molecular complexity index is 1150. The van der Waals surface area contributed by atoms with E-state index in [0.717, 1.165) is 27.8 Å². The zero-order chi connectivity index (χ0) is 19.1. The Balaban J connectivity index is 1.32. The Labute approximate surface area is 165 Å². The molecule has 0 saturated carbocycles. The summed E-state index contributed by atoms with van der Waals surface area (Å²) < 4.78 is 16.2. The molecule has 1 amide bonds. The first-order valence-electron chi connectivity index (χ1n) is 9.13. The van der Waals surface area contributed by atoms with Gasteiger partial charge in [0.2, 0.25) is 0 Å². The summed E-state index contributed by atoms with van der Waals surface area (Å²) in [6.07, 6.45) is 2.78. The van der Waals surface area contributed by atoms with Crippen molar-refractivity contribution in [2.75, 3.05) is 13.1 Å². The van der Waals surface area contributed by atoms with E-state index in [0.29, 0.717) is 18.0 Å². The molecule has 7 heteroatoms. The minimum Gasteiger partial charge on any atom is -0.336 e. The number of fused-ring (bicyclic) bond motifs is 1. The number of carbonyl (C=O) groups excluding carboxylic acids is 1. The maximum Gasteiger partial charge on any atom is 0.264 e. The average molecular weight is 392 g/mol. The van der Waals surface area contributed by atoms with Crippen molar-refractivity contribution in [3.05, 3.63) is 71.5 Å². The fourth-order valence-electron chi connectivity index (χ4n) is 3.61. The van der Waals surface area contributed by atoms with E-state index in [1.54, 1.807) is 12.1 Å². The lowest BCUT2D eigenvalue weighted by Crippen LogP contribution is -2.28. The van der Waals surface area contributed by atoms with Crippen LogP contribution in [0.4, 0.5) is 4.39 Å². The number of rotatable bonds is 3. The van der Waals surface area contributed by atoms with Crippen molar-refractivity contribution in [3.8, 4) is 11.3 Å². The van der Waals surface area contributed by atoms with Gasteiger partial charge in [0, 0.05) is 23.4 Å². The number of halogens is 1. The summed E-state index contributed by atoms with van der Waals surface area (Å²) in [6, 6.07) is 16.4. The minimum absolute atomic E-state index is 0.00694. The summed E-state index contributed by atoms with van der Waals surface area (Å²) in [7, 11) is 0. The van der Waals surface area contributed by atoms with Gasteiger partial charge in [-0.2, -0.15) is 0 Å². The molecule has 0 aliphatic carbocycles. The van der Waals surface area contributed by atoms with Crippen LogP contribution >= 0.6 is 11.3 Å². The third kappa shape index (κ3) is 3.07. The van der Waals surface area contributed by atoms with Crippen molar-refractivity contribution in [1.29, 1.82) is 0 Å². The van der Waals surface area contributed by atoms with E-state index in [4.69, 9.17) is 0 Å². The molecule has 140 valence electrons. The Hall–Kier alpha value is -3.06. The van der Waals surface area contributed by atoms with Gasteiger partial charge in [0.05, 0.1) is 17.1 Å². The van der Waals surface area contributed by atoms with Crippen LogP contribution in [-0.4, -0.2) is 38.9 Å². The van der Waals surface area contributed by atoms with Gasteiger partial charge in [0.25, 0.3) is 5.91 Å². The van der Waals surface area contributed by atoms with Crippen LogP contribution in [0.2, 0.25) is 0 Å². The number of aromatic nitrogens is 3. The third-order valence-corrected chi connectivity index (χ3v) is 6.20. The molecule has 2 aromatic heterocycles. The number of hydrogen-bond donors (Lipinski definition) is 0. The van der Waals surface area contributed by atoms with Gasteiger partial charge >= 0.3 is 0 Å². The number of benzene rings is 2. The quantitative estimate of drug-likeness (QED) is 0.520. The molecule has 3 heterocycles. The van der Waals surface area contributed by atoms with Crippen molar-refractivity contribution in [2.45, 2.75) is 12.5 Å². The Morgan fingerprint density at radius 1 is 1.14 bits per heavy atom. The normalized spacial score (nSPS) is 16.8. The smallest absolute Gasteiger partial charge is 0.264 e. The SMILES string of the molecule is O=C(c1cc2cc(F)ccc2s1)N1CC[C@H](n2cc(-c3ccccc3)nn2)C1. The summed E-state index contributed by atoms with van der Waals surface area (Å²) >= 11 is 1.41. The lowest BCUT2D eigenvalue weighted by Gasteiger charge is -2.15. The molecule has 0 bridgehead atoms. The van der Waals surface area contributed by atoms with Crippen LogP contribution in [0.3, 0.4) is 0 Å². The van der Waals surface area contributed by atoms with Crippen molar-refractivity contribution in [2.24, 2.45) is 0 Å². The number of thiophene rings is 1. The predicted molar refractivity (Wildman–Crippen MR) is 107 cm³/mol. The monoisotopic (exact) mass is 392 g/mol. The van der Waals surface area contributed by atoms with Crippen molar-refractivity contribution >= 4 is 27.3 Å². The summed E-state index contributed by atoms with van der Waals surface area (Å²) in [5.74, 6) is -0.293. The summed E-state index contributed by atoms with van der Waals surface area (Å²) in [5.41, 5.74) is 1.86. The second-order valence-electron chi connectivity index (χ2n) is 6.94. The number of nitrogens with zero attached hydrogens (tertiary/aromatic N) is 4. The molecular formula is C21H17FN4OS. The van der Waals surface area contributed by atoms with Crippen molar-refractivity contribution in [1.82, 2.24) is 19.9 Å². The highest BCUT2D eigenvalue weighted by Crippen LogP contribution is 2.30. The lowest BCUT2D eigenvalue weighted by atomic mass is 10.2. The summed E-state index contributed by atoms with van der Waals surface area (Å²) in [5, 5.41) is 9.32. The van der Waals surface area contributed by atoms with Crippen molar-refractivity contribution in [3.63, 3.8) is 0 Å². The zero-order valence-electron chi connectivity index (χ0n) is 15.0. The second kappa shape index (κ2) is 6.83. The standard InChI is InChI=1S/C21H17FN4OS/c22-16-6-7-19-15(10-16)11-20(28-19)21(27)25-9-8-17(12-25)26-13-18(23-24-26)14-4-2-1-3-5-14/h1-7,10-11,13,17H,8-9,12H2/t17-/m0/s1. The second-order valence-corrected chi connectivity index (χ2v) is 8.02. The van der Waals surface area contributed by atoms with Crippen LogP contribution in [0, 0.1) is 5.82 Å². The zero-order valence-corrected chi connectivity index (χ0v) is 15.8. The number of likely N-dealkylation sites (tertiary alicyclic amines) is 1. The van der Waals surface area contributed by atoms with Crippen LogP contribution in [0.5, 0.6) is 0 Å². The maximum absolute atomic E-state index is 13.4. The molecule has 28 heavy (non-hydrogen) atoms. The molecule has 1 aliphatic rings. The van der Waals surface area contributed by atoms with Crippen LogP contribution in [0.15, 0.2) is 60.8 Å². The molecule has 0 spiro atoms. The minimum atomic E-state index is -0.286. The molecule has 5 rings (SSSR count). The highest BCUT2D eigenvalue weighted by atomic mass is 32.1. The first-order valence-corrected chi connectivity index (χ1v) is 9.95. The predicted octanol–water partition coefficient (Wildman–Crippen LogP) is 4.39. The molecule has 4 aromatic rings. The first kappa shape index (κ1) is 17.1. The first-order chi connectivity index (χ1) is 13.7. The van der Waals surface area contributed by atoms with Gasteiger partial charge in [-0.25, -0.2) is 9.07 Å². The molecular weight excluding hydrogens is 375 g/mol. The fourth-order valence-corrected chi connectivity index (χ4v) is 4.63. The Kier molecular flexibility index (Phi) is 4.16. The van der Waals surface area contributed by atoms with Gasteiger partial charge in [-0.15, -0.1) is 16.4 Å². The molecule has 1 fully saturated rings. The third-order valence-electron chi connectivity index (χ3n) is 5.09. The van der Waals surface area contributed by atoms with Crippen LogP contribution in [0.25, 0.3) is 21.3 Å². The Morgan fingerprint density at radius 2 is 2.00 bits per heavy atom. The Morgan fingerprint density at radius 3 is 2.86 bits per heavy atom. The van der Waals surface area contributed by atoms with E-state index >= 15 is 0 Å². The van der Waals surface area contributed by atoms with Crippen molar-refractivity contribution < 1.29 is 9.18 Å². The highest BCUT2D eigenvalue weighted by molar-refractivity contribution is 7.20. The maximum atomic E-state index is 13.4. The molecule has 5 nitrogen and oxygen atoms in total. The van der Waals surface area contributed by atoms with Crippen LogP contribution < -0.4 is 0 Å². The largest absolute Gasteiger partial charge is 0.336 e. The van der Waals surface area contributed by atoms with Gasteiger partial charge in [-0.05, 0) is 36.1 Å². The summed E-state index contributed by atoms with van der Waals surface area (Å²) in [4.78, 5) is 15.4. The molecule has 0 radical (unpaired) electrons. The van der Waals surface area contributed by atoms with E-state index in [1.807, 2.05) is 46.1 Å². The van der Waals surface area contributed by atoms with Gasteiger partial charge in [0.15, 0.2) is 0 Å². The molecule has 0 unspecified atom stereocenters. The molecule has 1 saturated heterocycles. The molecule has 1 atom stereocenters. The molecule has 0 N–H and O–H groups in total. The topological polar surface area (TPSA) is 51.0 Å². The molecule has 1 aliphatic heterocycles. The van der Waals surface area contributed by atoms with E-state index in [1.165, 1.54) is 23.5 Å². The summed E-state index contributed by atoms with van der Waals surface area (Å²) in [6.45, 7) is 1.27.